The van der Waals surface area contributed by atoms with Gasteiger partial charge < -0.3 is 9.80 Å². The molecule has 10 rings (SSSR count). The molecule has 0 unspecified atom stereocenters. The van der Waals surface area contributed by atoms with Crippen molar-refractivity contribution in [2.75, 3.05) is 9.80 Å². The lowest BCUT2D eigenvalue weighted by Crippen LogP contribution is -2.30. The Morgan fingerprint density at radius 2 is 0.596 bits per heavy atom. The van der Waals surface area contributed by atoms with Crippen LogP contribution in [0.5, 0.6) is 0 Å². The Morgan fingerprint density at radius 1 is 0.298 bits per heavy atom. The van der Waals surface area contributed by atoms with Gasteiger partial charge >= 0.3 is 0 Å². The highest BCUT2D eigenvalue weighted by molar-refractivity contribution is 5.95. The Morgan fingerprint density at radius 3 is 0.930 bits per heavy atom. The van der Waals surface area contributed by atoms with Crippen molar-refractivity contribution in [1.29, 1.82) is 0 Å². The molecule has 0 fully saturated rings. The van der Waals surface area contributed by atoms with Gasteiger partial charge in [0.1, 0.15) is 0 Å². The van der Waals surface area contributed by atoms with Crippen molar-refractivity contribution in [2.45, 2.75) is 33.1 Å². The third kappa shape index (κ3) is 5.71. The summed E-state index contributed by atoms with van der Waals surface area (Å²) in [5.41, 5.74) is 21.4. The van der Waals surface area contributed by atoms with Crippen molar-refractivity contribution in [1.82, 2.24) is 0 Å². The molecule has 2 aliphatic rings. The smallest absolute Gasteiger partial charge is 0.0725 e. The lowest BCUT2D eigenvalue weighted by molar-refractivity contribution is 0.766. The van der Waals surface area contributed by atoms with Crippen LogP contribution in [-0.2, 0) is 5.41 Å². The van der Waals surface area contributed by atoms with Crippen LogP contribution in [0.1, 0.15) is 55.6 Å². The summed E-state index contributed by atoms with van der Waals surface area (Å²) in [5, 5.41) is 0. The van der Waals surface area contributed by atoms with Crippen LogP contribution < -0.4 is 9.80 Å². The molecule has 0 heterocycles. The van der Waals surface area contributed by atoms with Crippen LogP contribution in [0.4, 0.5) is 34.1 Å². The highest BCUT2D eigenvalue weighted by atomic mass is 15.1. The molecule has 274 valence electrons. The van der Waals surface area contributed by atoms with E-state index < -0.39 is 5.41 Å². The number of hydrogen-bond donors (Lipinski definition) is 0. The van der Waals surface area contributed by atoms with E-state index in [-0.39, 0.29) is 0 Å². The molecular formula is C55H44N2. The highest BCUT2D eigenvalue weighted by Crippen LogP contribution is 2.60. The van der Waals surface area contributed by atoms with Crippen LogP contribution in [0, 0.1) is 27.7 Å². The van der Waals surface area contributed by atoms with Crippen molar-refractivity contribution in [2.24, 2.45) is 0 Å². The summed E-state index contributed by atoms with van der Waals surface area (Å²) in [4.78, 5) is 4.80. The van der Waals surface area contributed by atoms with Gasteiger partial charge in [0.2, 0.25) is 0 Å². The molecule has 0 saturated carbocycles. The zero-order valence-electron chi connectivity index (χ0n) is 32.9. The van der Waals surface area contributed by atoms with Crippen LogP contribution in [-0.4, -0.2) is 0 Å². The van der Waals surface area contributed by atoms with Crippen LogP contribution in [0.25, 0.3) is 23.3 Å². The number of nitrogens with zero attached hydrogens (tertiary/aromatic N) is 2. The van der Waals surface area contributed by atoms with Gasteiger partial charge in [0.25, 0.3) is 0 Å². The summed E-state index contributed by atoms with van der Waals surface area (Å²) in [6.45, 7) is 8.60. The van der Waals surface area contributed by atoms with E-state index in [2.05, 4.69) is 232 Å². The third-order valence-corrected chi connectivity index (χ3v) is 12.0. The summed E-state index contributed by atoms with van der Waals surface area (Å²) in [5.74, 6) is 0. The molecule has 1 spiro atoms. The Balaban J connectivity index is 1.27. The second kappa shape index (κ2) is 13.7. The van der Waals surface area contributed by atoms with Gasteiger partial charge in [-0.05, 0) is 145 Å². The first-order valence-corrected chi connectivity index (χ1v) is 19.9. The molecule has 0 saturated heterocycles. The second-order valence-corrected chi connectivity index (χ2v) is 15.7. The molecule has 2 nitrogen and oxygen atoms in total. The summed E-state index contributed by atoms with van der Waals surface area (Å²) < 4.78 is 0. The molecule has 0 aromatic heterocycles. The number of fused-ring (bicyclic) bond motifs is 9. The number of anilines is 6. The number of hydrogen-bond acceptors (Lipinski definition) is 2. The van der Waals surface area contributed by atoms with Crippen LogP contribution in [0.2, 0.25) is 0 Å². The predicted octanol–water partition coefficient (Wildman–Crippen LogP) is 14.7. The summed E-state index contributed by atoms with van der Waals surface area (Å²) in [7, 11) is 0. The topological polar surface area (TPSA) is 6.48 Å². The predicted molar refractivity (Wildman–Crippen MR) is 241 cm³/mol. The first-order chi connectivity index (χ1) is 27.9. The molecule has 0 N–H and O–H groups in total. The SMILES string of the molecule is Cc1ccc(N(c2ccc(C)cc2)c2ccc3c(c2)-c2cc(N(c4ccc(C)cc4)c4ccc(C)cc4)ccc2C32c3ccccc3C=Cc3ccccc32)cc1. The van der Waals surface area contributed by atoms with E-state index in [1.807, 2.05) is 0 Å². The molecule has 0 bridgehead atoms. The lowest BCUT2D eigenvalue weighted by Gasteiger charge is -2.36. The maximum atomic E-state index is 2.44. The largest absolute Gasteiger partial charge is 0.310 e. The van der Waals surface area contributed by atoms with Crippen molar-refractivity contribution >= 4 is 46.3 Å². The number of benzene rings is 8. The van der Waals surface area contributed by atoms with Gasteiger partial charge in [-0.1, -0.05) is 144 Å². The lowest BCUT2D eigenvalue weighted by atomic mass is 9.66. The van der Waals surface area contributed by atoms with Gasteiger partial charge in [-0.2, -0.15) is 0 Å². The molecule has 0 radical (unpaired) electrons. The minimum absolute atomic E-state index is 0.532. The quantitative estimate of drug-likeness (QED) is 0.168. The van der Waals surface area contributed by atoms with Gasteiger partial charge in [0, 0.05) is 34.1 Å². The minimum Gasteiger partial charge on any atom is -0.310 e. The molecule has 0 atom stereocenters. The van der Waals surface area contributed by atoms with E-state index in [0.717, 1.165) is 34.1 Å². The Labute approximate surface area is 336 Å². The third-order valence-electron chi connectivity index (χ3n) is 12.0. The zero-order valence-corrected chi connectivity index (χ0v) is 32.9. The summed E-state index contributed by atoms with van der Waals surface area (Å²) in [6.07, 6.45) is 4.60. The van der Waals surface area contributed by atoms with Crippen molar-refractivity contribution in [3.63, 3.8) is 0 Å². The average Bonchev–Trinajstić information content (AvgIpc) is 3.43. The molecule has 2 aliphatic carbocycles. The fourth-order valence-electron chi connectivity index (χ4n) is 9.13. The second-order valence-electron chi connectivity index (χ2n) is 15.7. The molecule has 8 aromatic rings. The monoisotopic (exact) mass is 732 g/mol. The first-order valence-electron chi connectivity index (χ1n) is 19.9. The maximum Gasteiger partial charge on any atom is 0.0725 e. The Bertz CT molecular complexity index is 2520. The fraction of sp³-hybridized carbons (Fsp3) is 0.0909. The summed E-state index contributed by atoms with van der Waals surface area (Å²) >= 11 is 0. The van der Waals surface area contributed by atoms with Crippen molar-refractivity contribution in [3.05, 3.63) is 238 Å². The molecule has 8 aromatic carbocycles. The molecular weight excluding hydrogens is 689 g/mol. The van der Waals surface area contributed by atoms with Gasteiger partial charge in [0.05, 0.1) is 5.41 Å². The van der Waals surface area contributed by atoms with Gasteiger partial charge in [-0.15, -0.1) is 0 Å². The molecule has 57 heavy (non-hydrogen) atoms. The number of aryl methyl sites for hydroxylation is 4. The van der Waals surface area contributed by atoms with Crippen molar-refractivity contribution in [3.8, 4) is 11.1 Å². The van der Waals surface area contributed by atoms with Crippen molar-refractivity contribution < 1.29 is 0 Å². The Kier molecular flexibility index (Phi) is 8.30. The van der Waals surface area contributed by atoms with E-state index in [1.165, 1.54) is 66.8 Å². The van der Waals surface area contributed by atoms with E-state index >= 15 is 0 Å². The molecule has 0 amide bonds. The first kappa shape index (κ1) is 34.6. The average molecular weight is 733 g/mol. The van der Waals surface area contributed by atoms with E-state index in [4.69, 9.17) is 0 Å². The minimum atomic E-state index is -0.532. The molecule has 2 heteroatoms. The van der Waals surface area contributed by atoms with E-state index in [0.29, 0.717) is 0 Å². The highest BCUT2D eigenvalue weighted by Gasteiger charge is 2.48. The van der Waals surface area contributed by atoms with Gasteiger partial charge in [-0.3, -0.25) is 0 Å². The standard InChI is InChI=1S/C55H44N2/c1-37-13-23-43(24-14-37)56(44-25-15-38(2)16-26-44)47-31-33-53-49(35-47)50-36-48(57(45-27-17-39(3)18-28-45)46-29-19-40(4)20-30-46)32-34-54(50)55(53)51-11-7-5-9-41(51)21-22-42-10-6-8-12-52(42)55/h5-36H,1-4H3. The molecule has 0 aliphatic heterocycles. The Hall–Kier alpha value is -6.90. The van der Waals surface area contributed by atoms with Crippen LogP contribution in [0.15, 0.2) is 182 Å². The van der Waals surface area contributed by atoms with E-state index in [9.17, 15) is 0 Å². The maximum absolute atomic E-state index is 2.44. The normalized spacial score (nSPS) is 13.0. The van der Waals surface area contributed by atoms with Gasteiger partial charge in [0.15, 0.2) is 0 Å². The van der Waals surface area contributed by atoms with Gasteiger partial charge in [-0.25, -0.2) is 0 Å². The van der Waals surface area contributed by atoms with E-state index in [1.54, 1.807) is 0 Å². The van der Waals surface area contributed by atoms with Crippen LogP contribution >= 0.6 is 0 Å². The fourth-order valence-corrected chi connectivity index (χ4v) is 9.13. The summed E-state index contributed by atoms with van der Waals surface area (Å²) in [6, 6.07) is 67.9. The zero-order chi connectivity index (χ0) is 38.7. The van der Waals surface area contributed by atoms with Crippen LogP contribution in [0.3, 0.4) is 0 Å². The number of rotatable bonds is 6.